The summed E-state index contributed by atoms with van der Waals surface area (Å²) in [6.07, 6.45) is 0. The zero-order valence-electron chi connectivity index (χ0n) is 12.7. The third-order valence-corrected chi connectivity index (χ3v) is 3.54. The molecule has 6 nitrogen and oxygen atoms in total. The molecule has 1 unspecified atom stereocenters. The molecule has 3 N–H and O–H groups in total. The number of rotatable bonds is 2. The Morgan fingerprint density at radius 3 is 2.70 bits per heavy atom. The molecule has 0 aromatic carbocycles. The van der Waals surface area contributed by atoms with E-state index in [4.69, 9.17) is 15.5 Å². The second kappa shape index (κ2) is 5.54. The van der Waals surface area contributed by atoms with E-state index < -0.39 is 0 Å². The molecule has 6 heteroatoms. The molecule has 2 rings (SSSR count). The molecule has 1 aliphatic heterocycles. The Balaban J connectivity index is 2.46. The van der Waals surface area contributed by atoms with Gasteiger partial charge in [0.1, 0.15) is 17.5 Å². The monoisotopic (exact) mass is 280 g/mol. The van der Waals surface area contributed by atoms with Gasteiger partial charge in [-0.2, -0.15) is 0 Å². The quantitative estimate of drug-likeness (QED) is 0.836. The summed E-state index contributed by atoms with van der Waals surface area (Å²) in [5, 5.41) is 9.52. The third kappa shape index (κ3) is 2.86. The van der Waals surface area contributed by atoms with E-state index in [0.29, 0.717) is 25.6 Å². The number of aliphatic hydroxyl groups is 1. The van der Waals surface area contributed by atoms with Crippen LogP contribution in [0.4, 0.5) is 11.6 Å². The third-order valence-electron chi connectivity index (χ3n) is 3.54. The van der Waals surface area contributed by atoms with Crippen LogP contribution < -0.4 is 10.6 Å². The van der Waals surface area contributed by atoms with Crippen molar-refractivity contribution in [1.29, 1.82) is 0 Å². The van der Waals surface area contributed by atoms with Gasteiger partial charge in [0.15, 0.2) is 0 Å². The Bertz CT molecular complexity index is 485. The molecule has 1 aliphatic rings. The molecule has 0 bridgehead atoms. The second-order valence-electron chi connectivity index (χ2n) is 6.24. The maximum atomic E-state index is 9.52. The number of nitrogens with two attached hydrogens (primary N) is 1. The van der Waals surface area contributed by atoms with Crippen molar-refractivity contribution < 1.29 is 9.84 Å². The number of hydrogen-bond donors (Lipinski definition) is 2. The van der Waals surface area contributed by atoms with Crippen LogP contribution in [-0.2, 0) is 10.2 Å². The van der Waals surface area contributed by atoms with Gasteiger partial charge in [-0.3, -0.25) is 0 Å². The molecule has 1 saturated heterocycles. The van der Waals surface area contributed by atoms with E-state index in [2.05, 4.69) is 30.7 Å². The highest BCUT2D eigenvalue weighted by atomic mass is 16.5. The smallest absolute Gasteiger partial charge is 0.138 e. The Kier molecular flexibility index (Phi) is 4.15. The van der Waals surface area contributed by atoms with Crippen molar-refractivity contribution >= 4 is 11.6 Å². The number of aliphatic hydroxyl groups excluding tert-OH is 1. The molecule has 20 heavy (non-hydrogen) atoms. The summed E-state index contributed by atoms with van der Waals surface area (Å²) >= 11 is 0. The van der Waals surface area contributed by atoms with Crippen LogP contribution >= 0.6 is 0 Å². The van der Waals surface area contributed by atoms with Crippen LogP contribution in [0.3, 0.4) is 0 Å². The van der Waals surface area contributed by atoms with Gasteiger partial charge in [0.05, 0.1) is 25.9 Å². The standard InChI is InChI=1S/C14H24N4O2/c1-9-11(15)16-13(14(2,3)4)17-12(9)18-5-6-20-8-10(18)7-19/h10,19H,5-8H2,1-4H3,(H2,15,16,17). The van der Waals surface area contributed by atoms with Crippen LogP contribution in [0, 0.1) is 6.92 Å². The summed E-state index contributed by atoms with van der Waals surface area (Å²) < 4.78 is 5.42. The highest BCUT2D eigenvalue weighted by molar-refractivity contribution is 5.57. The van der Waals surface area contributed by atoms with Crippen LogP contribution in [0.25, 0.3) is 0 Å². The van der Waals surface area contributed by atoms with Crippen molar-refractivity contribution in [3.63, 3.8) is 0 Å². The Morgan fingerprint density at radius 2 is 2.10 bits per heavy atom. The molecule has 1 atom stereocenters. The summed E-state index contributed by atoms with van der Waals surface area (Å²) in [6.45, 7) is 9.97. The molecule has 1 aromatic heterocycles. The number of aromatic nitrogens is 2. The van der Waals surface area contributed by atoms with Gasteiger partial charge in [-0.25, -0.2) is 9.97 Å². The maximum Gasteiger partial charge on any atom is 0.138 e. The van der Waals surface area contributed by atoms with Gasteiger partial charge in [-0.15, -0.1) is 0 Å². The number of ether oxygens (including phenoxy) is 1. The second-order valence-corrected chi connectivity index (χ2v) is 6.24. The normalized spacial score (nSPS) is 20.2. The van der Waals surface area contributed by atoms with Gasteiger partial charge in [-0.1, -0.05) is 20.8 Å². The molecule has 2 heterocycles. The van der Waals surface area contributed by atoms with Gasteiger partial charge in [0.25, 0.3) is 0 Å². The predicted molar refractivity (Wildman–Crippen MR) is 78.9 cm³/mol. The lowest BCUT2D eigenvalue weighted by Gasteiger charge is -2.36. The van der Waals surface area contributed by atoms with E-state index in [-0.39, 0.29) is 18.1 Å². The number of hydrogen-bond acceptors (Lipinski definition) is 6. The summed E-state index contributed by atoms with van der Waals surface area (Å²) in [7, 11) is 0. The van der Waals surface area contributed by atoms with Gasteiger partial charge in [0, 0.05) is 17.5 Å². The fraction of sp³-hybridized carbons (Fsp3) is 0.714. The van der Waals surface area contributed by atoms with Gasteiger partial charge in [-0.05, 0) is 6.92 Å². The minimum absolute atomic E-state index is 0.0359. The average molecular weight is 280 g/mol. The van der Waals surface area contributed by atoms with Crippen molar-refractivity contribution in [2.45, 2.75) is 39.2 Å². The lowest BCUT2D eigenvalue weighted by atomic mass is 9.95. The first-order chi connectivity index (χ1) is 9.34. The molecule has 0 amide bonds. The van der Waals surface area contributed by atoms with E-state index in [9.17, 15) is 5.11 Å². The van der Waals surface area contributed by atoms with Crippen molar-refractivity contribution in [1.82, 2.24) is 9.97 Å². The minimum atomic E-state index is -0.169. The fourth-order valence-corrected chi connectivity index (χ4v) is 2.22. The molecular weight excluding hydrogens is 256 g/mol. The van der Waals surface area contributed by atoms with E-state index in [1.165, 1.54) is 0 Å². The average Bonchev–Trinajstić information content (AvgIpc) is 2.40. The fourth-order valence-electron chi connectivity index (χ4n) is 2.22. The molecule has 0 aliphatic carbocycles. The lowest BCUT2D eigenvalue weighted by molar-refractivity contribution is 0.0722. The van der Waals surface area contributed by atoms with E-state index in [1.807, 2.05) is 6.92 Å². The summed E-state index contributed by atoms with van der Waals surface area (Å²) in [6, 6.07) is -0.0791. The summed E-state index contributed by atoms with van der Waals surface area (Å²) in [5.74, 6) is 2.03. The first-order valence-corrected chi connectivity index (χ1v) is 6.94. The number of nitrogens with zero attached hydrogens (tertiary/aromatic N) is 3. The van der Waals surface area contributed by atoms with Crippen LogP contribution in [0.1, 0.15) is 32.2 Å². The largest absolute Gasteiger partial charge is 0.394 e. The molecule has 112 valence electrons. The molecule has 1 aromatic rings. The molecule has 0 saturated carbocycles. The number of morpholine rings is 1. The van der Waals surface area contributed by atoms with Crippen molar-refractivity contribution in [3.05, 3.63) is 11.4 Å². The lowest BCUT2D eigenvalue weighted by Crippen LogP contribution is -2.48. The molecule has 0 radical (unpaired) electrons. The Labute approximate surface area is 120 Å². The van der Waals surface area contributed by atoms with Crippen LogP contribution in [0.5, 0.6) is 0 Å². The van der Waals surface area contributed by atoms with Crippen molar-refractivity contribution in [2.75, 3.05) is 37.0 Å². The highest BCUT2D eigenvalue weighted by Crippen LogP contribution is 2.28. The van der Waals surface area contributed by atoms with Gasteiger partial charge in [0.2, 0.25) is 0 Å². The van der Waals surface area contributed by atoms with Gasteiger partial charge >= 0.3 is 0 Å². The Morgan fingerprint density at radius 1 is 1.40 bits per heavy atom. The molecule has 1 fully saturated rings. The van der Waals surface area contributed by atoms with Crippen LogP contribution in [0.2, 0.25) is 0 Å². The minimum Gasteiger partial charge on any atom is -0.394 e. The van der Waals surface area contributed by atoms with Crippen LogP contribution in [-0.4, -0.2) is 47.5 Å². The zero-order chi connectivity index (χ0) is 14.9. The first kappa shape index (κ1) is 15.0. The van der Waals surface area contributed by atoms with Crippen molar-refractivity contribution in [3.8, 4) is 0 Å². The Hall–Kier alpha value is -1.40. The van der Waals surface area contributed by atoms with Crippen LogP contribution in [0.15, 0.2) is 0 Å². The van der Waals surface area contributed by atoms with E-state index in [0.717, 1.165) is 17.2 Å². The summed E-state index contributed by atoms with van der Waals surface area (Å²) in [5.41, 5.74) is 6.73. The molecular formula is C14H24N4O2. The maximum absolute atomic E-state index is 9.52. The highest BCUT2D eigenvalue weighted by Gasteiger charge is 2.28. The topological polar surface area (TPSA) is 84.5 Å². The SMILES string of the molecule is Cc1c(N)nc(C(C)(C)C)nc1N1CCOCC1CO. The zero-order valence-corrected chi connectivity index (χ0v) is 12.7. The van der Waals surface area contributed by atoms with E-state index in [1.54, 1.807) is 0 Å². The first-order valence-electron chi connectivity index (χ1n) is 6.94. The number of anilines is 2. The predicted octanol–water partition coefficient (Wildman–Crippen LogP) is 0.862. The number of nitrogen functional groups attached to an aromatic ring is 1. The van der Waals surface area contributed by atoms with E-state index >= 15 is 0 Å². The summed E-state index contributed by atoms with van der Waals surface area (Å²) in [4.78, 5) is 11.2. The van der Waals surface area contributed by atoms with Crippen molar-refractivity contribution in [2.24, 2.45) is 0 Å². The molecule has 0 spiro atoms. The van der Waals surface area contributed by atoms with Gasteiger partial charge < -0.3 is 20.5 Å².